The highest BCUT2D eigenvalue weighted by molar-refractivity contribution is 6.31. The predicted molar refractivity (Wildman–Crippen MR) is 107 cm³/mol. The smallest absolute Gasteiger partial charge is 0.449 e. The fourth-order valence-corrected chi connectivity index (χ4v) is 2.96. The van der Waals surface area contributed by atoms with Crippen molar-refractivity contribution in [1.29, 1.82) is 0 Å². The number of aromatic amines is 1. The number of carboxylic acid groups (broad SMARTS) is 1. The second kappa shape index (κ2) is 7.64. The van der Waals surface area contributed by atoms with Gasteiger partial charge in [0.15, 0.2) is 5.75 Å². The van der Waals surface area contributed by atoms with E-state index in [-0.39, 0.29) is 17.3 Å². The van der Waals surface area contributed by atoms with Crippen LogP contribution in [-0.2, 0) is 6.54 Å². The molecular weight excluding hydrogens is 398 g/mol. The minimum absolute atomic E-state index is 0.0133. The Morgan fingerprint density at radius 3 is 2.90 bits per heavy atom. The number of carbonyl (C=O) groups is 1. The van der Waals surface area contributed by atoms with Crippen LogP contribution in [-0.4, -0.2) is 31.0 Å². The monoisotopic (exact) mass is 411 g/mol. The van der Waals surface area contributed by atoms with Crippen LogP contribution in [0.5, 0.6) is 5.75 Å². The molecule has 29 heavy (non-hydrogen) atoms. The van der Waals surface area contributed by atoms with E-state index in [0.717, 1.165) is 11.3 Å². The Hall–Kier alpha value is -3.85. The number of halogens is 1. The van der Waals surface area contributed by atoms with Crippen molar-refractivity contribution in [1.82, 2.24) is 19.7 Å². The molecule has 0 aliphatic heterocycles. The highest BCUT2D eigenvalue weighted by atomic mass is 35.5. The lowest BCUT2D eigenvalue weighted by Crippen LogP contribution is -2.14. The van der Waals surface area contributed by atoms with Crippen molar-refractivity contribution in [3.05, 3.63) is 75.8 Å². The lowest BCUT2D eigenvalue weighted by atomic mass is 10.2. The normalized spacial score (nSPS) is 10.8. The lowest BCUT2D eigenvalue weighted by Gasteiger charge is -2.09. The minimum atomic E-state index is -1.46. The third kappa shape index (κ3) is 4.04. The third-order valence-corrected chi connectivity index (χ3v) is 4.48. The first-order valence-corrected chi connectivity index (χ1v) is 8.84. The molecule has 0 bridgehead atoms. The molecule has 0 atom stereocenters. The van der Waals surface area contributed by atoms with Gasteiger partial charge in [-0.3, -0.25) is 9.78 Å². The molecule has 146 valence electrons. The molecule has 3 N–H and O–H groups in total. The van der Waals surface area contributed by atoms with Gasteiger partial charge in [0, 0.05) is 17.3 Å². The summed E-state index contributed by atoms with van der Waals surface area (Å²) in [7, 11) is 0. The van der Waals surface area contributed by atoms with Crippen molar-refractivity contribution in [3.63, 3.8) is 0 Å². The number of benzene rings is 2. The summed E-state index contributed by atoms with van der Waals surface area (Å²) in [6.07, 6.45) is 1.05. The number of fused-ring (bicyclic) bond motifs is 1. The molecule has 0 spiro atoms. The van der Waals surface area contributed by atoms with Crippen LogP contribution in [0.4, 0.5) is 10.5 Å². The number of ether oxygens (including phenoxy) is 1. The Labute approximate surface area is 168 Å². The topological polar surface area (TPSA) is 122 Å². The van der Waals surface area contributed by atoms with E-state index in [0.29, 0.717) is 22.5 Å². The number of aromatic nitrogens is 4. The van der Waals surface area contributed by atoms with E-state index >= 15 is 0 Å². The number of rotatable bonds is 5. The van der Waals surface area contributed by atoms with Crippen LogP contribution in [0.25, 0.3) is 16.9 Å². The quantitative estimate of drug-likeness (QED) is 0.430. The summed E-state index contributed by atoms with van der Waals surface area (Å²) in [5.41, 5.74) is 1.79. The van der Waals surface area contributed by atoms with Crippen molar-refractivity contribution in [2.24, 2.45) is 0 Å². The summed E-state index contributed by atoms with van der Waals surface area (Å²) < 4.78 is 5.74. The second-order valence-electron chi connectivity index (χ2n) is 6.06. The van der Waals surface area contributed by atoms with Crippen LogP contribution in [0, 0.1) is 0 Å². The molecule has 0 amide bonds. The van der Waals surface area contributed by atoms with Gasteiger partial charge in [-0.05, 0) is 29.8 Å². The highest BCUT2D eigenvalue weighted by Crippen LogP contribution is 2.20. The average Bonchev–Trinajstić information content (AvgIpc) is 3.15. The molecule has 10 heteroatoms. The van der Waals surface area contributed by atoms with E-state index in [1.807, 2.05) is 24.3 Å². The van der Waals surface area contributed by atoms with Crippen LogP contribution in [0.15, 0.2) is 59.7 Å². The van der Waals surface area contributed by atoms with E-state index in [1.54, 1.807) is 18.2 Å². The Morgan fingerprint density at radius 1 is 1.28 bits per heavy atom. The molecule has 2 heterocycles. The van der Waals surface area contributed by atoms with Gasteiger partial charge in [-0.2, -0.15) is 5.10 Å². The van der Waals surface area contributed by atoms with E-state index in [2.05, 4.69) is 25.1 Å². The van der Waals surface area contributed by atoms with Crippen molar-refractivity contribution in [3.8, 4) is 11.7 Å². The molecule has 0 saturated heterocycles. The van der Waals surface area contributed by atoms with Crippen LogP contribution in [0.1, 0.15) is 5.56 Å². The number of nitrogens with one attached hydrogen (secondary N) is 2. The fraction of sp³-hybridized carbons (Fsp3) is 0.0526. The maximum Gasteiger partial charge on any atom is 0.511 e. The Balaban J connectivity index is 1.60. The molecule has 0 radical (unpaired) electrons. The van der Waals surface area contributed by atoms with Gasteiger partial charge in [0.05, 0.1) is 23.3 Å². The maximum absolute atomic E-state index is 12.5. The maximum atomic E-state index is 12.5. The van der Waals surface area contributed by atoms with E-state index in [4.69, 9.17) is 16.7 Å². The summed E-state index contributed by atoms with van der Waals surface area (Å²) in [6.45, 7) is 0.508. The molecular formula is C19H14ClN5O4. The zero-order chi connectivity index (χ0) is 20.4. The Morgan fingerprint density at radius 2 is 2.10 bits per heavy atom. The lowest BCUT2D eigenvalue weighted by molar-refractivity contribution is 0.144. The summed E-state index contributed by atoms with van der Waals surface area (Å²) in [4.78, 5) is 30.1. The minimum Gasteiger partial charge on any atom is -0.449 e. The summed E-state index contributed by atoms with van der Waals surface area (Å²) in [5.74, 6) is 0.152. The van der Waals surface area contributed by atoms with Crippen molar-refractivity contribution in [2.45, 2.75) is 6.54 Å². The van der Waals surface area contributed by atoms with E-state index in [9.17, 15) is 9.59 Å². The van der Waals surface area contributed by atoms with Gasteiger partial charge in [0.2, 0.25) is 5.95 Å². The Bertz CT molecular complexity index is 1270. The average molecular weight is 412 g/mol. The zero-order valence-corrected chi connectivity index (χ0v) is 15.6. The predicted octanol–water partition coefficient (Wildman–Crippen LogP) is 3.43. The van der Waals surface area contributed by atoms with Crippen molar-refractivity contribution in [2.75, 3.05) is 5.32 Å². The van der Waals surface area contributed by atoms with Gasteiger partial charge in [0.25, 0.3) is 5.56 Å². The SMILES string of the molecule is O=C(O)Oc1cnn(-c2nc3ccc(NCc4ccccc4Cl)cc3c(=O)[nH]2)c1. The first-order chi connectivity index (χ1) is 14.0. The van der Waals surface area contributed by atoms with Crippen LogP contribution < -0.4 is 15.6 Å². The molecule has 0 aliphatic rings. The van der Waals surface area contributed by atoms with Crippen molar-refractivity contribution >= 4 is 34.3 Å². The van der Waals surface area contributed by atoms with Gasteiger partial charge in [-0.15, -0.1) is 0 Å². The largest absolute Gasteiger partial charge is 0.511 e. The van der Waals surface area contributed by atoms with Gasteiger partial charge < -0.3 is 15.2 Å². The zero-order valence-electron chi connectivity index (χ0n) is 14.8. The van der Waals surface area contributed by atoms with Gasteiger partial charge in [0.1, 0.15) is 0 Å². The molecule has 2 aromatic heterocycles. The van der Waals surface area contributed by atoms with Crippen LogP contribution >= 0.6 is 11.6 Å². The fourth-order valence-electron chi connectivity index (χ4n) is 2.76. The van der Waals surface area contributed by atoms with Crippen LogP contribution in [0.3, 0.4) is 0 Å². The third-order valence-electron chi connectivity index (χ3n) is 4.11. The van der Waals surface area contributed by atoms with Crippen LogP contribution in [0.2, 0.25) is 5.02 Å². The molecule has 0 fully saturated rings. The summed E-state index contributed by atoms with van der Waals surface area (Å²) >= 11 is 6.16. The number of anilines is 1. The van der Waals surface area contributed by atoms with Gasteiger partial charge in [-0.1, -0.05) is 29.8 Å². The first kappa shape index (κ1) is 18.5. The van der Waals surface area contributed by atoms with E-state index < -0.39 is 6.16 Å². The highest BCUT2D eigenvalue weighted by Gasteiger charge is 2.10. The Kier molecular flexibility index (Phi) is 4.88. The molecule has 0 unspecified atom stereocenters. The van der Waals surface area contributed by atoms with Crippen molar-refractivity contribution < 1.29 is 14.6 Å². The molecule has 4 aromatic rings. The molecule has 9 nitrogen and oxygen atoms in total. The number of H-pyrrole nitrogens is 1. The standard InChI is InChI=1S/C19H14ClN5O4/c20-15-4-2-1-3-11(15)8-21-12-5-6-16-14(7-12)17(26)24-18(23-16)25-10-13(9-22-25)29-19(27)28/h1-7,9-10,21H,8H2,(H,27,28)(H,23,24,26). The molecule has 4 rings (SSSR count). The molecule has 0 aliphatic carbocycles. The van der Waals surface area contributed by atoms with E-state index in [1.165, 1.54) is 17.1 Å². The first-order valence-electron chi connectivity index (χ1n) is 8.47. The molecule has 0 saturated carbocycles. The number of hydrogen-bond donors (Lipinski definition) is 3. The number of nitrogens with zero attached hydrogens (tertiary/aromatic N) is 3. The number of hydrogen-bond acceptors (Lipinski definition) is 6. The van der Waals surface area contributed by atoms with Gasteiger partial charge >= 0.3 is 6.16 Å². The van der Waals surface area contributed by atoms with Gasteiger partial charge in [-0.25, -0.2) is 14.5 Å². The summed E-state index contributed by atoms with van der Waals surface area (Å²) in [5, 5.41) is 16.9. The second-order valence-corrected chi connectivity index (χ2v) is 6.46. The summed E-state index contributed by atoms with van der Waals surface area (Å²) in [6, 6.07) is 12.7. The molecule has 2 aromatic carbocycles.